The van der Waals surface area contributed by atoms with E-state index in [-0.39, 0.29) is 0 Å². The maximum Gasteiger partial charge on any atom is 0.229 e. The Balaban J connectivity index is 1.64. The molecule has 8 nitrogen and oxygen atoms in total. The zero-order chi connectivity index (χ0) is 21.4. The Hall–Kier alpha value is -2.88. The van der Waals surface area contributed by atoms with Crippen LogP contribution in [0.15, 0.2) is 30.5 Å². The van der Waals surface area contributed by atoms with Crippen molar-refractivity contribution in [2.24, 2.45) is 0 Å². The predicted octanol–water partition coefficient (Wildman–Crippen LogP) is 3.35. The number of hydrogen-bond donors (Lipinski definition) is 1. The van der Waals surface area contributed by atoms with Crippen molar-refractivity contribution >= 4 is 28.2 Å². The molecule has 4 aromatic rings. The summed E-state index contributed by atoms with van der Waals surface area (Å²) >= 11 is 1.75. The highest BCUT2D eigenvalue weighted by Gasteiger charge is 2.20. The lowest BCUT2D eigenvalue weighted by Crippen LogP contribution is -2.37. The number of anilines is 1. The van der Waals surface area contributed by atoms with Gasteiger partial charge in [-0.2, -0.15) is 15.1 Å². The number of morpholine rings is 1. The maximum atomic E-state index is 5.53. The minimum atomic E-state index is 0.665. The number of nitrogens with zero attached hydrogens (tertiary/aromatic N) is 6. The molecule has 1 fully saturated rings. The molecule has 0 amide bonds. The molecule has 31 heavy (non-hydrogen) atoms. The first-order chi connectivity index (χ1) is 15.1. The van der Waals surface area contributed by atoms with Gasteiger partial charge in [0, 0.05) is 35.5 Å². The van der Waals surface area contributed by atoms with Gasteiger partial charge in [-0.05, 0) is 38.7 Å². The van der Waals surface area contributed by atoms with E-state index in [1.807, 2.05) is 24.4 Å². The summed E-state index contributed by atoms with van der Waals surface area (Å²) in [5.74, 6) is 2.08. The molecule has 0 spiro atoms. The van der Waals surface area contributed by atoms with Crippen LogP contribution >= 0.6 is 11.3 Å². The third-order valence-electron chi connectivity index (χ3n) is 5.34. The molecule has 1 aliphatic heterocycles. The standard InChI is InChI=1S/C22H25N7OS/c1-14-11-18(31-19(14)13-28(2)3)21-24-20(15-5-4-6-17-16(15)12-23-27-17)25-22(26-21)29-7-9-30-10-8-29/h4-6,11-12H,7-10,13H2,1-3H3,(H,23,27). The summed E-state index contributed by atoms with van der Waals surface area (Å²) in [6, 6.07) is 8.23. The third-order valence-corrected chi connectivity index (χ3v) is 6.56. The number of nitrogens with one attached hydrogen (secondary N) is 1. The van der Waals surface area contributed by atoms with Gasteiger partial charge in [-0.25, -0.2) is 4.98 Å². The quantitative estimate of drug-likeness (QED) is 0.515. The zero-order valence-corrected chi connectivity index (χ0v) is 18.7. The second-order valence-electron chi connectivity index (χ2n) is 7.97. The van der Waals surface area contributed by atoms with Gasteiger partial charge in [0.2, 0.25) is 5.95 Å². The summed E-state index contributed by atoms with van der Waals surface area (Å²) in [7, 11) is 4.17. The summed E-state index contributed by atoms with van der Waals surface area (Å²) in [6.07, 6.45) is 1.83. The molecule has 4 heterocycles. The number of ether oxygens (including phenoxy) is 1. The Morgan fingerprint density at radius 1 is 1.13 bits per heavy atom. The first-order valence-electron chi connectivity index (χ1n) is 10.3. The molecule has 1 aliphatic rings. The number of thiophene rings is 1. The van der Waals surface area contributed by atoms with Crippen LogP contribution in [0.3, 0.4) is 0 Å². The predicted molar refractivity (Wildman–Crippen MR) is 123 cm³/mol. The number of aromatic nitrogens is 5. The molecule has 5 rings (SSSR count). The Bertz CT molecular complexity index is 1210. The maximum absolute atomic E-state index is 5.53. The summed E-state index contributed by atoms with van der Waals surface area (Å²) in [6.45, 7) is 5.95. The molecule has 3 aromatic heterocycles. The lowest BCUT2D eigenvalue weighted by atomic mass is 10.1. The van der Waals surface area contributed by atoms with Crippen LogP contribution in [0.25, 0.3) is 33.0 Å². The van der Waals surface area contributed by atoms with E-state index in [2.05, 4.69) is 47.1 Å². The van der Waals surface area contributed by atoms with Crippen molar-refractivity contribution in [1.29, 1.82) is 0 Å². The fraction of sp³-hybridized carbons (Fsp3) is 0.364. The summed E-state index contributed by atoms with van der Waals surface area (Å²) in [5, 5.41) is 8.23. The fourth-order valence-electron chi connectivity index (χ4n) is 3.74. The van der Waals surface area contributed by atoms with Gasteiger partial charge < -0.3 is 14.5 Å². The molecule has 0 saturated carbocycles. The highest BCUT2D eigenvalue weighted by atomic mass is 32.1. The Morgan fingerprint density at radius 3 is 2.74 bits per heavy atom. The number of benzene rings is 1. The Morgan fingerprint density at radius 2 is 1.94 bits per heavy atom. The Labute approximate surface area is 184 Å². The summed E-state index contributed by atoms with van der Waals surface area (Å²) < 4.78 is 5.53. The van der Waals surface area contributed by atoms with Gasteiger partial charge >= 0.3 is 0 Å². The SMILES string of the molecule is Cc1cc(-c2nc(-c3cccc4[nH]ncc34)nc(N3CCOCC3)n2)sc1CN(C)C. The molecule has 0 atom stereocenters. The second-order valence-corrected chi connectivity index (χ2v) is 9.11. The van der Waals surface area contributed by atoms with Gasteiger partial charge in [0.1, 0.15) is 0 Å². The minimum Gasteiger partial charge on any atom is -0.378 e. The average molecular weight is 436 g/mol. The van der Waals surface area contributed by atoms with Gasteiger partial charge in [0.15, 0.2) is 11.6 Å². The van der Waals surface area contributed by atoms with Gasteiger partial charge in [0.05, 0.1) is 29.8 Å². The van der Waals surface area contributed by atoms with Crippen LogP contribution in [0.5, 0.6) is 0 Å². The number of fused-ring (bicyclic) bond motifs is 1. The van der Waals surface area contributed by atoms with Crippen LogP contribution in [0, 0.1) is 6.92 Å². The van der Waals surface area contributed by atoms with Crippen LogP contribution in [0.2, 0.25) is 0 Å². The average Bonchev–Trinajstić information content (AvgIpc) is 3.40. The normalized spacial score (nSPS) is 14.6. The van der Waals surface area contributed by atoms with Crippen molar-refractivity contribution in [3.05, 3.63) is 40.9 Å². The molecule has 1 aromatic carbocycles. The number of aromatic amines is 1. The number of rotatable bonds is 5. The molecular weight excluding hydrogens is 410 g/mol. The monoisotopic (exact) mass is 435 g/mol. The topological polar surface area (TPSA) is 83.1 Å². The van der Waals surface area contributed by atoms with Crippen molar-refractivity contribution in [3.63, 3.8) is 0 Å². The van der Waals surface area contributed by atoms with Crippen molar-refractivity contribution in [2.45, 2.75) is 13.5 Å². The molecule has 0 unspecified atom stereocenters. The summed E-state index contributed by atoms with van der Waals surface area (Å²) in [4.78, 5) is 21.4. The smallest absolute Gasteiger partial charge is 0.229 e. The molecule has 0 aliphatic carbocycles. The van der Waals surface area contributed by atoms with Crippen LogP contribution in [0.4, 0.5) is 5.95 Å². The first kappa shape index (κ1) is 20.0. The number of aryl methyl sites for hydroxylation is 1. The highest BCUT2D eigenvalue weighted by molar-refractivity contribution is 7.15. The molecule has 1 N–H and O–H groups in total. The minimum absolute atomic E-state index is 0.665. The van der Waals surface area contributed by atoms with Crippen LogP contribution in [0.1, 0.15) is 10.4 Å². The van der Waals surface area contributed by atoms with Crippen molar-refractivity contribution < 1.29 is 4.74 Å². The molecular formula is C22H25N7OS. The van der Waals surface area contributed by atoms with E-state index >= 15 is 0 Å². The number of hydrogen-bond acceptors (Lipinski definition) is 8. The highest BCUT2D eigenvalue weighted by Crippen LogP contribution is 2.33. The van der Waals surface area contributed by atoms with E-state index in [0.29, 0.717) is 30.8 Å². The molecule has 1 saturated heterocycles. The van der Waals surface area contributed by atoms with Crippen molar-refractivity contribution in [1.82, 2.24) is 30.0 Å². The number of H-pyrrole nitrogens is 1. The summed E-state index contributed by atoms with van der Waals surface area (Å²) in [5.41, 5.74) is 3.18. The van der Waals surface area contributed by atoms with E-state index in [9.17, 15) is 0 Å². The molecule has 0 bridgehead atoms. The second kappa shape index (κ2) is 8.33. The van der Waals surface area contributed by atoms with E-state index in [1.54, 1.807) is 11.3 Å². The largest absolute Gasteiger partial charge is 0.378 e. The van der Waals surface area contributed by atoms with Gasteiger partial charge in [-0.3, -0.25) is 5.10 Å². The van der Waals surface area contributed by atoms with E-state index in [1.165, 1.54) is 10.4 Å². The first-order valence-corrected chi connectivity index (χ1v) is 11.2. The van der Waals surface area contributed by atoms with E-state index in [4.69, 9.17) is 19.7 Å². The van der Waals surface area contributed by atoms with Gasteiger partial charge in [0.25, 0.3) is 0 Å². The van der Waals surface area contributed by atoms with E-state index < -0.39 is 0 Å². The lowest BCUT2D eigenvalue weighted by molar-refractivity contribution is 0.122. The zero-order valence-electron chi connectivity index (χ0n) is 17.9. The van der Waals surface area contributed by atoms with Gasteiger partial charge in [-0.15, -0.1) is 11.3 Å². The lowest BCUT2D eigenvalue weighted by Gasteiger charge is -2.27. The Kier molecular flexibility index (Phi) is 5.39. The van der Waals surface area contributed by atoms with E-state index in [0.717, 1.165) is 41.0 Å². The van der Waals surface area contributed by atoms with Crippen molar-refractivity contribution in [2.75, 3.05) is 45.3 Å². The molecule has 9 heteroatoms. The van der Waals surface area contributed by atoms with Crippen LogP contribution in [-0.2, 0) is 11.3 Å². The van der Waals surface area contributed by atoms with Crippen molar-refractivity contribution in [3.8, 4) is 22.1 Å². The molecule has 160 valence electrons. The van der Waals surface area contributed by atoms with Gasteiger partial charge in [-0.1, -0.05) is 12.1 Å². The molecule has 0 radical (unpaired) electrons. The van der Waals surface area contributed by atoms with Crippen LogP contribution < -0.4 is 4.90 Å². The fourth-order valence-corrected chi connectivity index (χ4v) is 4.96. The van der Waals surface area contributed by atoms with Crippen LogP contribution in [-0.4, -0.2) is 70.4 Å². The third kappa shape index (κ3) is 4.04.